The van der Waals surface area contributed by atoms with Crippen molar-refractivity contribution in [3.05, 3.63) is 32.2 Å². The molecule has 0 spiro atoms. The van der Waals surface area contributed by atoms with Gasteiger partial charge in [0, 0.05) is 15.0 Å². The first kappa shape index (κ1) is 17.2. The fourth-order valence-corrected chi connectivity index (χ4v) is 3.75. The van der Waals surface area contributed by atoms with E-state index in [1.54, 1.807) is 0 Å². The SMILES string of the molecule is Cc1cc(Br)c(C(N)CC(C)CC(C)(C)C)cc1Br. The van der Waals surface area contributed by atoms with Crippen LogP contribution in [0.3, 0.4) is 0 Å². The number of nitrogens with two attached hydrogens (primary N) is 1. The minimum atomic E-state index is 0.0867. The number of halogens is 2. The summed E-state index contributed by atoms with van der Waals surface area (Å²) in [6.45, 7) is 11.2. The fourth-order valence-electron chi connectivity index (χ4n) is 2.63. The molecule has 0 aromatic heterocycles. The summed E-state index contributed by atoms with van der Waals surface area (Å²) in [5.41, 5.74) is 9.17. The highest BCUT2D eigenvalue weighted by Crippen LogP contribution is 2.34. The van der Waals surface area contributed by atoms with Gasteiger partial charge >= 0.3 is 0 Å². The molecule has 0 fully saturated rings. The van der Waals surface area contributed by atoms with E-state index in [9.17, 15) is 0 Å². The van der Waals surface area contributed by atoms with Gasteiger partial charge < -0.3 is 5.73 Å². The molecule has 0 aliphatic rings. The highest BCUT2D eigenvalue weighted by atomic mass is 79.9. The number of hydrogen-bond acceptors (Lipinski definition) is 1. The fraction of sp³-hybridized carbons (Fsp3) is 0.625. The minimum absolute atomic E-state index is 0.0867. The van der Waals surface area contributed by atoms with Crippen LogP contribution in [-0.2, 0) is 0 Å². The molecule has 2 atom stereocenters. The van der Waals surface area contributed by atoms with Gasteiger partial charge in [-0.25, -0.2) is 0 Å². The Morgan fingerprint density at radius 3 is 2.26 bits per heavy atom. The van der Waals surface area contributed by atoms with Crippen LogP contribution in [0, 0.1) is 18.3 Å². The maximum atomic E-state index is 6.38. The Hall–Kier alpha value is 0.140. The minimum Gasteiger partial charge on any atom is -0.324 e. The van der Waals surface area contributed by atoms with Crippen LogP contribution < -0.4 is 5.73 Å². The van der Waals surface area contributed by atoms with Crippen molar-refractivity contribution in [2.24, 2.45) is 17.1 Å². The number of aryl methyl sites for hydroxylation is 1. The van der Waals surface area contributed by atoms with Crippen molar-refractivity contribution >= 4 is 31.9 Å². The van der Waals surface area contributed by atoms with Crippen molar-refractivity contribution in [3.8, 4) is 0 Å². The van der Waals surface area contributed by atoms with Gasteiger partial charge in [0.05, 0.1) is 0 Å². The van der Waals surface area contributed by atoms with Crippen molar-refractivity contribution in [1.29, 1.82) is 0 Å². The third kappa shape index (κ3) is 5.57. The summed E-state index contributed by atoms with van der Waals surface area (Å²) in [4.78, 5) is 0. The second-order valence-electron chi connectivity index (χ2n) is 6.84. The first-order valence-corrected chi connectivity index (χ1v) is 8.40. The van der Waals surface area contributed by atoms with E-state index in [0.29, 0.717) is 11.3 Å². The zero-order chi connectivity index (χ0) is 14.8. The van der Waals surface area contributed by atoms with Crippen molar-refractivity contribution in [3.63, 3.8) is 0 Å². The lowest BCUT2D eigenvalue weighted by Crippen LogP contribution is -2.18. The van der Waals surface area contributed by atoms with Gasteiger partial charge in [-0.3, -0.25) is 0 Å². The lowest BCUT2D eigenvalue weighted by molar-refractivity contribution is 0.286. The zero-order valence-electron chi connectivity index (χ0n) is 12.6. The van der Waals surface area contributed by atoms with Crippen LogP contribution in [0.1, 0.15) is 57.7 Å². The summed E-state index contributed by atoms with van der Waals surface area (Å²) in [6.07, 6.45) is 2.22. The van der Waals surface area contributed by atoms with E-state index in [-0.39, 0.29) is 6.04 Å². The van der Waals surface area contributed by atoms with E-state index in [1.165, 1.54) is 17.5 Å². The summed E-state index contributed by atoms with van der Waals surface area (Å²) in [6, 6.07) is 4.37. The second kappa shape index (κ2) is 6.73. The van der Waals surface area contributed by atoms with Gasteiger partial charge in [0.25, 0.3) is 0 Å². The normalized spacial score (nSPS) is 15.4. The van der Waals surface area contributed by atoms with Crippen LogP contribution >= 0.6 is 31.9 Å². The average Bonchev–Trinajstić information content (AvgIpc) is 2.20. The van der Waals surface area contributed by atoms with E-state index >= 15 is 0 Å². The molecule has 1 aromatic rings. The number of rotatable bonds is 4. The molecule has 0 radical (unpaired) electrons. The van der Waals surface area contributed by atoms with Crippen molar-refractivity contribution in [1.82, 2.24) is 0 Å². The van der Waals surface area contributed by atoms with Crippen molar-refractivity contribution in [2.75, 3.05) is 0 Å². The van der Waals surface area contributed by atoms with Gasteiger partial charge in [-0.2, -0.15) is 0 Å². The van der Waals surface area contributed by atoms with Crippen LogP contribution in [0.4, 0.5) is 0 Å². The topological polar surface area (TPSA) is 26.0 Å². The Bertz CT molecular complexity index is 435. The molecule has 2 unspecified atom stereocenters. The quantitative estimate of drug-likeness (QED) is 0.671. The van der Waals surface area contributed by atoms with E-state index in [1.807, 2.05) is 0 Å². The Balaban J connectivity index is 2.78. The first-order chi connectivity index (χ1) is 8.60. The molecule has 0 saturated heterocycles. The molecular formula is C16H25Br2N. The molecule has 1 nitrogen and oxygen atoms in total. The number of benzene rings is 1. The zero-order valence-corrected chi connectivity index (χ0v) is 15.7. The molecule has 1 aromatic carbocycles. The van der Waals surface area contributed by atoms with Crippen LogP contribution in [0.2, 0.25) is 0 Å². The molecule has 19 heavy (non-hydrogen) atoms. The smallest absolute Gasteiger partial charge is 0.0309 e. The van der Waals surface area contributed by atoms with E-state index in [2.05, 4.69) is 78.6 Å². The largest absolute Gasteiger partial charge is 0.324 e. The Kier molecular flexibility index (Phi) is 6.09. The van der Waals surface area contributed by atoms with Gasteiger partial charge in [-0.1, -0.05) is 59.6 Å². The third-order valence-corrected chi connectivity index (χ3v) is 4.84. The summed E-state index contributed by atoms with van der Waals surface area (Å²) in [5, 5.41) is 0. The highest BCUT2D eigenvalue weighted by molar-refractivity contribution is 9.11. The lowest BCUT2D eigenvalue weighted by Gasteiger charge is -2.26. The lowest BCUT2D eigenvalue weighted by atomic mass is 9.82. The molecule has 0 heterocycles. The Morgan fingerprint density at radius 1 is 1.16 bits per heavy atom. The van der Waals surface area contributed by atoms with Gasteiger partial charge in [0.1, 0.15) is 0 Å². The third-order valence-electron chi connectivity index (χ3n) is 3.29. The predicted molar refractivity (Wildman–Crippen MR) is 91.4 cm³/mol. The first-order valence-electron chi connectivity index (χ1n) is 6.81. The molecule has 0 saturated carbocycles. The van der Waals surface area contributed by atoms with Crippen LogP contribution in [0.15, 0.2) is 21.1 Å². The summed E-state index contributed by atoms with van der Waals surface area (Å²) < 4.78 is 2.24. The molecule has 0 aliphatic carbocycles. The average molecular weight is 391 g/mol. The summed E-state index contributed by atoms with van der Waals surface area (Å²) >= 11 is 7.22. The van der Waals surface area contributed by atoms with E-state index in [0.717, 1.165) is 15.4 Å². The predicted octanol–water partition coefficient (Wildman–Crippen LogP) is 5.98. The Labute approximate surface area is 134 Å². The van der Waals surface area contributed by atoms with Gasteiger partial charge in [-0.05, 0) is 54.4 Å². The van der Waals surface area contributed by atoms with Gasteiger partial charge in [0.2, 0.25) is 0 Å². The van der Waals surface area contributed by atoms with Crippen molar-refractivity contribution in [2.45, 2.75) is 53.5 Å². The maximum Gasteiger partial charge on any atom is 0.0309 e. The van der Waals surface area contributed by atoms with E-state index in [4.69, 9.17) is 5.73 Å². The molecule has 108 valence electrons. The molecule has 0 aliphatic heterocycles. The Morgan fingerprint density at radius 2 is 1.74 bits per heavy atom. The summed E-state index contributed by atoms with van der Waals surface area (Å²) in [5.74, 6) is 0.627. The number of hydrogen-bond donors (Lipinski definition) is 1. The highest BCUT2D eigenvalue weighted by Gasteiger charge is 2.19. The maximum absolute atomic E-state index is 6.38. The van der Waals surface area contributed by atoms with Crippen LogP contribution in [0.5, 0.6) is 0 Å². The molecule has 3 heteroatoms. The van der Waals surface area contributed by atoms with E-state index < -0.39 is 0 Å². The second-order valence-corrected chi connectivity index (χ2v) is 8.54. The standard InChI is InChI=1S/C16H25Br2N/c1-10(9-16(3,4)5)6-15(19)12-8-13(17)11(2)7-14(12)18/h7-8,10,15H,6,9,19H2,1-5H3. The monoisotopic (exact) mass is 389 g/mol. The van der Waals surface area contributed by atoms with Crippen LogP contribution in [0.25, 0.3) is 0 Å². The van der Waals surface area contributed by atoms with Gasteiger partial charge in [0.15, 0.2) is 0 Å². The van der Waals surface area contributed by atoms with Crippen LogP contribution in [-0.4, -0.2) is 0 Å². The summed E-state index contributed by atoms with van der Waals surface area (Å²) in [7, 11) is 0. The van der Waals surface area contributed by atoms with Gasteiger partial charge in [-0.15, -0.1) is 0 Å². The molecule has 1 rings (SSSR count). The molecular weight excluding hydrogens is 366 g/mol. The molecule has 0 amide bonds. The molecule has 2 N–H and O–H groups in total. The molecule has 0 bridgehead atoms. The van der Waals surface area contributed by atoms with Crippen molar-refractivity contribution < 1.29 is 0 Å².